The van der Waals surface area contributed by atoms with Crippen molar-refractivity contribution in [3.05, 3.63) is 96.1 Å². The van der Waals surface area contributed by atoms with Crippen molar-refractivity contribution in [3.8, 4) is 0 Å². The van der Waals surface area contributed by atoms with Gasteiger partial charge in [0, 0.05) is 16.6 Å². The van der Waals surface area contributed by atoms with Crippen LogP contribution in [0, 0.1) is 0 Å². The maximum Gasteiger partial charge on any atom is 0.197 e. The summed E-state index contributed by atoms with van der Waals surface area (Å²) in [5, 5.41) is 5.18. The molecule has 138 valence electrons. The topological polar surface area (TPSA) is 42.0 Å². The van der Waals surface area contributed by atoms with Gasteiger partial charge in [0.1, 0.15) is 5.03 Å². The van der Waals surface area contributed by atoms with Crippen molar-refractivity contribution < 1.29 is 4.79 Å². The molecule has 0 bridgehead atoms. The van der Waals surface area contributed by atoms with Crippen molar-refractivity contribution in [1.29, 1.82) is 0 Å². The highest BCUT2D eigenvalue weighted by Gasteiger charge is 2.22. The number of carbonyl (C=O) groups excluding carboxylic acids is 1. The van der Waals surface area contributed by atoms with Crippen LogP contribution in [0.1, 0.15) is 22.8 Å². The number of nitrogens with one attached hydrogen (secondary N) is 1. The second-order valence-electron chi connectivity index (χ2n) is 6.30. The van der Waals surface area contributed by atoms with Crippen molar-refractivity contribution in [1.82, 2.24) is 4.98 Å². The van der Waals surface area contributed by atoms with Crippen LogP contribution < -0.4 is 5.32 Å². The van der Waals surface area contributed by atoms with Gasteiger partial charge in [-0.15, -0.1) is 11.8 Å². The van der Waals surface area contributed by atoms with Crippen molar-refractivity contribution in [3.63, 3.8) is 0 Å². The van der Waals surface area contributed by atoms with Crippen LogP contribution in [-0.2, 0) is 0 Å². The summed E-state index contributed by atoms with van der Waals surface area (Å²) in [6.07, 6.45) is 0. The average molecular weight is 385 g/mol. The van der Waals surface area contributed by atoms with E-state index in [-0.39, 0.29) is 5.78 Å². The normalized spacial score (nSPS) is 10.8. The molecule has 0 saturated carbocycles. The first-order valence-electron chi connectivity index (χ1n) is 9.25. The molecule has 0 fully saturated rings. The predicted octanol–water partition coefficient (Wildman–Crippen LogP) is 6.32. The lowest BCUT2D eigenvalue weighted by molar-refractivity contribution is 0.103. The zero-order chi connectivity index (χ0) is 19.3. The first kappa shape index (κ1) is 18.3. The third-order valence-electron chi connectivity index (χ3n) is 4.45. The Morgan fingerprint density at radius 3 is 2.25 bits per heavy atom. The van der Waals surface area contributed by atoms with Crippen LogP contribution >= 0.6 is 11.8 Å². The minimum absolute atomic E-state index is 0.0202. The second kappa shape index (κ2) is 8.28. The lowest BCUT2D eigenvalue weighted by Crippen LogP contribution is -2.10. The molecule has 0 unspecified atom stereocenters. The molecule has 4 aromatic rings. The molecule has 0 amide bonds. The molecule has 0 spiro atoms. The van der Waals surface area contributed by atoms with Gasteiger partial charge in [-0.25, -0.2) is 4.98 Å². The number of nitrogens with zero attached hydrogens (tertiary/aromatic N) is 1. The van der Waals surface area contributed by atoms with E-state index >= 15 is 0 Å². The molecule has 0 radical (unpaired) electrons. The quantitative estimate of drug-likeness (QED) is 0.312. The van der Waals surface area contributed by atoms with Gasteiger partial charge >= 0.3 is 0 Å². The summed E-state index contributed by atoms with van der Waals surface area (Å²) in [5.41, 5.74) is 3.91. The Balaban J connectivity index is 1.97. The number of fused-ring (bicyclic) bond motifs is 1. The van der Waals surface area contributed by atoms with Crippen LogP contribution in [-0.4, -0.2) is 16.5 Å². The predicted molar refractivity (Wildman–Crippen MR) is 118 cm³/mol. The molecule has 0 atom stereocenters. The highest BCUT2D eigenvalue weighted by atomic mass is 32.2. The lowest BCUT2D eigenvalue weighted by atomic mass is 10.0. The van der Waals surface area contributed by atoms with Crippen LogP contribution in [0.4, 0.5) is 11.4 Å². The van der Waals surface area contributed by atoms with E-state index < -0.39 is 0 Å². The Labute approximate surface area is 168 Å². The number of anilines is 2. The number of benzene rings is 3. The van der Waals surface area contributed by atoms with Crippen LogP contribution in [0.3, 0.4) is 0 Å². The minimum atomic E-state index is -0.0202. The van der Waals surface area contributed by atoms with Crippen LogP contribution in [0.15, 0.2) is 90.0 Å². The van der Waals surface area contributed by atoms with E-state index in [1.54, 1.807) is 11.8 Å². The van der Waals surface area contributed by atoms with Gasteiger partial charge in [-0.2, -0.15) is 0 Å². The summed E-state index contributed by atoms with van der Waals surface area (Å²) >= 11 is 1.59. The Morgan fingerprint density at radius 1 is 0.893 bits per heavy atom. The molecular formula is C24H20N2OS. The Bertz CT molecular complexity index is 1110. The van der Waals surface area contributed by atoms with E-state index in [0.29, 0.717) is 11.1 Å². The molecule has 0 aliphatic rings. The summed E-state index contributed by atoms with van der Waals surface area (Å²) in [6.45, 7) is 2.07. The van der Waals surface area contributed by atoms with Gasteiger partial charge in [0.2, 0.25) is 0 Å². The number of carbonyl (C=O) groups is 1. The van der Waals surface area contributed by atoms with Gasteiger partial charge in [-0.1, -0.05) is 73.7 Å². The molecule has 3 aromatic carbocycles. The third-order valence-corrected chi connectivity index (χ3v) is 5.30. The second-order valence-corrected chi connectivity index (χ2v) is 7.56. The van der Waals surface area contributed by atoms with E-state index in [2.05, 4.69) is 12.2 Å². The van der Waals surface area contributed by atoms with E-state index in [9.17, 15) is 4.79 Å². The van der Waals surface area contributed by atoms with Gasteiger partial charge < -0.3 is 5.32 Å². The first-order chi connectivity index (χ1) is 13.8. The maximum absolute atomic E-state index is 13.5. The standard InChI is InChI=1S/C24H20N2OS/c1-2-28-24-21(23(27)17-11-5-3-6-12-17)22(25-18-13-7-4-8-14-18)19-15-9-10-16-20(19)26-24/h3-16H,2H2,1H3,(H,25,26). The zero-order valence-electron chi connectivity index (χ0n) is 15.6. The van der Waals surface area contributed by atoms with E-state index in [1.807, 2.05) is 84.9 Å². The van der Waals surface area contributed by atoms with Gasteiger partial charge in [-0.05, 0) is 24.0 Å². The molecule has 1 aromatic heterocycles. The summed E-state index contributed by atoms with van der Waals surface area (Å²) in [7, 11) is 0. The largest absolute Gasteiger partial charge is 0.354 e. The fourth-order valence-electron chi connectivity index (χ4n) is 3.17. The van der Waals surface area contributed by atoms with Gasteiger partial charge in [0.15, 0.2) is 5.78 Å². The zero-order valence-corrected chi connectivity index (χ0v) is 16.4. The molecule has 3 nitrogen and oxygen atoms in total. The molecular weight excluding hydrogens is 364 g/mol. The fourth-order valence-corrected chi connectivity index (χ4v) is 3.95. The molecule has 0 saturated heterocycles. The number of thioether (sulfide) groups is 1. The van der Waals surface area contributed by atoms with Crippen LogP contribution in [0.2, 0.25) is 0 Å². The highest BCUT2D eigenvalue weighted by molar-refractivity contribution is 7.99. The van der Waals surface area contributed by atoms with Gasteiger partial charge in [0.25, 0.3) is 0 Å². The number of hydrogen-bond donors (Lipinski definition) is 1. The van der Waals surface area contributed by atoms with Crippen molar-refractivity contribution in [2.24, 2.45) is 0 Å². The first-order valence-corrected chi connectivity index (χ1v) is 10.2. The van der Waals surface area contributed by atoms with Crippen molar-refractivity contribution in [2.45, 2.75) is 11.9 Å². The molecule has 0 aliphatic carbocycles. The number of aromatic nitrogens is 1. The molecule has 0 aliphatic heterocycles. The van der Waals surface area contributed by atoms with E-state index in [0.717, 1.165) is 33.1 Å². The Morgan fingerprint density at radius 2 is 1.54 bits per heavy atom. The smallest absolute Gasteiger partial charge is 0.197 e. The summed E-state index contributed by atoms with van der Waals surface area (Å²) < 4.78 is 0. The summed E-state index contributed by atoms with van der Waals surface area (Å²) in [4.78, 5) is 18.3. The number of para-hydroxylation sites is 2. The van der Waals surface area contributed by atoms with Gasteiger partial charge in [0.05, 0.1) is 16.8 Å². The summed E-state index contributed by atoms with van der Waals surface area (Å²) in [6, 6.07) is 27.3. The molecule has 28 heavy (non-hydrogen) atoms. The number of ketones is 1. The van der Waals surface area contributed by atoms with Gasteiger partial charge in [-0.3, -0.25) is 4.79 Å². The van der Waals surface area contributed by atoms with Crippen molar-refractivity contribution in [2.75, 3.05) is 11.1 Å². The highest BCUT2D eigenvalue weighted by Crippen LogP contribution is 2.36. The molecule has 4 heteroatoms. The van der Waals surface area contributed by atoms with Crippen LogP contribution in [0.25, 0.3) is 10.9 Å². The minimum Gasteiger partial charge on any atom is -0.354 e. The number of rotatable bonds is 6. The van der Waals surface area contributed by atoms with Crippen LogP contribution in [0.5, 0.6) is 0 Å². The number of pyridine rings is 1. The van der Waals surface area contributed by atoms with E-state index in [1.165, 1.54) is 0 Å². The van der Waals surface area contributed by atoms with E-state index in [4.69, 9.17) is 4.98 Å². The SMILES string of the molecule is CCSc1nc2ccccc2c(Nc2ccccc2)c1C(=O)c1ccccc1. The molecule has 4 rings (SSSR count). The van der Waals surface area contributed by atoms with Crippen molar-refractivity contribution >= 4 is 39.8 Å². The lowest BCUT2D eigenvalue weighted by Gasteiger charge is -2.17. The summed E-state index contributed by atoms with van der Waals surface area (Å²) in [5.74, 6) is 0.818. The average Bonchev–Trinajstić information content (AvgIpc) is 2.75. The third kappa shape index (κ3) is 3.64. The Kier molecular flexibility index (Phi) is 5.40. The number of hydrogen-bond acceptors (Lipinski definition) is 4. The monoisotopic (exact) mass is 384 g/mol. The molecule has 1 N–H and O–H groups in total. The molecule has 1 heterocycles. The Hall–Kier alpha value is -3.11. The maximum atomic E-state index is 13.5. The fraction of sp³-hybridized carbons (Fsp3) is 0.0833.